The first-order chi connectivity index (χ1) is 12.2. The number of ether oxygens (including phenoxy) is 1. The SMILES string of the molecule is C[C@H](Oc1cccc2c1CCCC2)C(=O)N1CCCc2ccccc21. The maximum atomic E-state index is 13.0. The number of hydrogen-bond donors (Lipinski definition) is 0. The monoisotopic (exact) mass is 335 g/mol. The lowest BCUT2D eigenvalue weighted by atomic mass is 9.91. The number of benzene rings is 2. The standard InChI is InChI=1S/C22H25NO2/c1-16(25-21-14-6-10-17-8-2-4-12-19(17)21)22(24)23-15-7-11-18-9-3-5-13-20(18)23/h3,5-6,9-10,13-14,16H,2,4,7-8,11-12,15H2,1H3/t16-/m0/s1. The van der Waals surface area contributed by atoms with E-state index in [1.54, 1.807) is 0 Å². The summed E-state index contributed by atoms with van der Waals surface area (Å²) < 4.78 is 6.15. The van der Waals surface area contributed by atoms with Gasteiger partial charge in [0.05, 0.1) is 0 Å². The van der Waals surface area contributed by atoms with Crippen molar-refractivity contribution in [3.05, 3.63) is 59.2 Å². The average molecular weight is 335 g/mol. The molecule has 1 aliphatic carbocycles. The molecule has 3 nitrogen and oxygen atoms in total. The molecule has 0 aromatic heterocycles. The largest absolute Gasteiger partial charge is 0.481 e. The van der Waals surface area contributed by atoms with Gasteiger partial charge in [0.2, 0.25) is 0 Å². The molecule has 0 N–H and O–H groups in total. The van der Waals surface area contributed by atoms with Gasteiger partial charge in [-0.2, -0.15) is 0 Å². The van der Waals surface area contributed by atoms with Gasteiger partial charge in [-0.05, 0) is 74.3 Å². The number of aryl methyl sites for hydroxylation is 2. The topological polar surface area (TPSA) is 29.5 Å². The zero-order chi connectivity index (χ0) is 17.2. The first kappa shape index (κ1) is 16.2. The highest BCUT2D eigenvalue weighted by Gasteiger charge is 2.28. The van der Waals surface area contributed by atoms with Crippen molar-refractivity contribution in [3.8, 4) is 5.75 Å². The number of carbonyl (C=O) groups excluding carboxylic acids is 1. The summed E-state index contributed by atoms with van der Waals surface area (Å²) in [5, 5.41) is 0. The number of carbonyl (C=O) groups is 1. The number of nitrogens with zero attached hydrogens (tertiary/aromatic N) is 1. The third-order valence-electron chi connectivity index (χ3n) is 5.38. The van der Waals surface area contributed by atoms with Gasteiger partial charge in [-0.25, -0.2) is 0 Å². The molecule has 4 rings (SSSR count). The summed E-state index contributed by atoms with van der Waals surface area (Å²) in [4.78, 5) is 14.9. The maximum absolute atomic E-state index is 13.0. The predicted molar refractivity (Wildman–Crippen MR) is 100 cm³/mol. The summed E-state index contributed by atoms with van der Waals surface area (Å²) in [5.74, 6) is 0.948. The molecule has 0 saturated heterocycles. The van der Waals surface area contributed by atoms with Gasteiger partial charge >= 0.3 is 0 Å². The van der Waals surface area contributed by atoms with Crippen molar-refractivity contribution in [3.63, 3.8) is 0 Å². The third-order valence-corrected chi connectivity index (χ3v) is 5.38. The fourth-order valence-corrected chi connectivity index (χ4v) is 4.08. The lowest BCUT2D eigenvalue weighted by Gasteiger charge is -2.32. The van der Waals surface area contributed by atoms with E-state index in [0.29, 0.717) is 0 Å². The van der Waals surface area contributed by atoms with Crippen LogP contribution in [0.4, 0.5) is 5.69 Å². The highest BCUT2D eigenvalue weighted by atomic mass is 16.5. The fraction of sp³-hybridized carbons (Fsp3) is 0.409. The van der Waals surface area contributed by atoms with Crippen molar-refractivity contribution in [1.29, 1.82) is 0 Å². The van der Waals surface area contributed by atoms with Crippen LogP contribution in [-0.4, -0.2) is 18.6 Å². The van der Waals surface area contributed by atoms with Crippen LogP contribution in [0.15, 0.2) is 42.5 Å². The Morgan fingerprint density at radius 1 is 0.960 bits per heavy atom. The summed E-state index contributed by atoms with van der Waals surface area (Å²) in [6, 6.07) is 14.5. The van der Waals surface area contributed by atoms with E-state index in [0.717, 1.165) is 43.7 Å². The summed E-state index contributed by atoms with van der Waals surface area (Å²) in [6.45, 7) is 2.65. The van der Waals surface area contributed by atoms with Gasteiger partial charge in [0.15, 0.2) is 6.10 Å². The molecule has 2 aromatic carbocycles. The highest BCUT2D eigenvalue weighted by molar-refractivity contribution is 5.97. The Balaban J connectivity index is 1.54. The van der Waals surface area contributed by atoms with Crippen molar-refractivity contribution < 1.29 is 9.53 Å². The Bertz CT molecular complexity index is 783. The Kier molecular flexibility index (Phi) is 4.48. The van der Waals surface area contributed by atoms with E-state index < -0.39 is 6.10 Å². The molecule has 1 aliphatic heterocycles. The molecular weight excluding hydrogens is 310 g/mol. The van der Waals surface area contributed by atoms with Crippen molar-refractivity contribution in [2.24, 2.45) is 0 Å². The Labute approximate surface area is 149 Å². The minimum atomic E-state index is -0.473. The van der Waals surface area contributed by atoms with Crippen molar-refractivity contribution in [2.45, 2.75) is 51.6 Å². The average Bonchev–Trinajstić information content (AvgIpc) is 2.67. The number of para-hydroxylation sites is 1. The molecule has 1 atom stereocenters. The molecule has 0 saturated carbocycles. The van der Waals surface area contributed by atoms with Crippen LogP contribution in [-0.2, 0) is 24.1 Å². The molecular formula is C22H25NO2. The number of hydrogen-bond acceptors (Lipinski definition) is 2. The molecule has 3 heteroatoms. The molecule has 130 valence electrons. The summed E-state index contributed by atoms with van der Waals surface area (Å²) in [6.07, 6.45) is 6.20. The van der Waals surface area contributed by atoms with E-state index in [1.807, 2.05) is 42.2 Å². The minimum Gasteiger partial charge on any atom is -0.481 e. The lowest BCUT2D eigenvalue weighted by Crippen LogP contribution is -2.43. The summed E-state index contributed by atoms with van der Waals surface area (Å²) in [7, 11) is 0. The van der Waals surface area contributed by atoms with E-state index >= 15 is 0 Å². The highest BCUT2D eigenvalue weighted by Crippen LogP contribution is 2.31. The third kappa shape index (κ3) is 3.15. The smallest absolute Gasteiger partial charge is 0.267 e. The van der Waals surface area contributed by atoms with Crippen LogP contribution in [0.3, 0.4) is 0 Å². The molecule has 0 radical (unpaired) electrons. The number of rotatable bonds is 3. The van der Waals surface area contributed by atoms with Crippen molar-refractivity contribution >= 4 is 11.6 Å². The molecule has 25 heavy (non-hydrogen) atoms. The Hall–Kier alpha value is -2.29. The lowest BCUT2D eigenvalue weighted by molar-refractivity contribution is -0.124. The molecule has 0 unspecified atom stereocenters. The van der Waals surface area contributed by atoms with Crippen LogP contribution in [0.2, 0.25) is 0 Å². The van der Waals surface area contributed by atoms with Gasteiger partial charge in [-0.15, -0.1) is 0 Å². The number of amides is 1. The summed E-state index contributed by atoms with van der Waals surface area (Å²) in [5.41, 5.74) is 4.98. The number of anilines is 1. The van der Waals surface area contributed by atoms with E-state index in [4.69, 9.17) is 4.74 Å². The van der Waals surface area contributed by atoms with Gasteiger partial charge in [0.25, 0.3) is 5.91 Å². The molecule has 1 amide bonds. The molecule has 1 heterocycles. The van der Waals surface area contributed by atoms with Crippen molar-refractivity contribution in [2.75, 3.05) is 11.4 Å². The molecule has 0 fully saturated rings. The summed E-state index contributed by atoms with van der Waals surface area (Å²) >= 11 is 0. The zero-order valence-electron chi connectivity index (χ0n) is 14.8. The van der Waals surface area contributed by atoms with Gasteiger partial charge in [0, 0.05) is 12.2 Å². The second-order valence-electron chi connectivity index (χ2n) is 7.08. The van der Waals surface area contributed by atoms with E-state index in [2.05, 4.69) is 12.1 Å². The Morgan fingerprint density at radius 2 is 1.72 bits per heavy atom. The van der Waals surface area contributed by atoms with Crippen molar-refractivity contribution in [1.82, 2.24) is 0 Å². The molecule has 2 aromatic rings. The van der Waals surface area contributed by atoms with Crippen LogP contribution in [0.5, 0.6) is 5.75 Å². The maximum Gasteiger partial charge on any atom is 0.267 e. The molecule has 2 aliphatic rings. The zero-order valence-corrected chi connectivity index (χ0v) is 14.8. The first-order valence-corrected chi connectivity index (χ1v) is 9.41. The number of fused-ring (bicyclic) bond motifs is 2. The van der Waals surface area contributed by atoms with Crippen LogP contribution >= 0.6 is 0 Å². The first-order valence-electron chi connectivity index (χ1n) is 9.41. The van der Waals surface area contributed by atoms with Gasteiger partial charge < -0.3 is 9.64 Å². The van der Waals surface area contributed by atoms with Crippen LogP contribution in [0, 0.1) is 0 Å². The minimum absolute atomic E-state index is 0.0561. The van der Waals surface area contributed by atoms with E-state index in [9.17, 15) is 4.79 Å². The predicted octanol–water partition coefficient (Wildman–Crippen LogP) is 4.31. The van der Waals surface area contributed by atoms with Gasteiger partial charge in [-0.3, -0.25) is 4.79 Å². The quantitative estimate of drug-likeness (QED) is 0.836. The van der Waals surface area contributed by atoms with Crippen LogP contribution in [0.1, 0.15) is 42.9 Å². The van der Waals surface area contributed by atoms with Gasteiger partial charge in [0.1, 0.15) is 5.75 Å². The van der Waals surface area contributed by atoms with E-state index in [-0.39, 0.29) is 5.91 Å². The fourth-order valence-electron chi connectivity index (χ4n) is 4.08. The van der Waals surface area contributed by atoms with Crippen LogP contribution < -0.4 is 9.64 Å². The van der Waals surface area contributed by atoms with E-state index in [1.165, 1.54) is 29.5 Å². The normalized spacial score (nSPS) is 17.4. The second kappa shape index (κ2) is 6.91. The van der Waals surface area contributed by atoms with Gasteiger partial charge in [-0.1, -0.05) is 30.3 Å². The second-order valence-corrected chi connectivity index (χ2v) is 7.08. The van der Waals surface area contributed by atoms with Crippen LogP contribution in [0.25, 0.3) is 0 Å². The Morgan fingerprint density at radius 3 is 2.64 bits per heavy atom. The molecule has 0 bridgehead atoms. The molecule has 0 spiro atoms.